The molecule has 4 rings (SSSR count). The van der Waals surface area contributed by atoms with Gasteiger partial charge >= 0.3 is 0 Å². The van der Waals surface area contributed by atoms with Gasteiger partial charge in [0.1, 0.15) is 4.90 Å². The minimum atomic E-state index is -3.76. The molecule has 3 heterocycles. The average molecular weight is 474 g/mol. The highest BCUT2D eigenvalue weighted by Gasteiger charge is 2.32. The number of hydrogen-bond donors (Lipinski definition) is 0. The highest BCUT2D eigenvalue weighted by atomic mass is 35.5. The fourth-order valence-electron chi connectivity index (χ4n) is 3.16. The van der Waals surface area contributed by atoms with Crippen molar-refractivity contribution in [2.45, 2.75) is 31.1 Å². The second kappa shape index (κ2) is 7.39. The Hall–Kier alpha value is -1.39. The van der Waals surface area contributed by atoms with Gasteiger partial charge in [-0.25, -0.2) is 17.9 Å². The van der Waals surface area contributed by atoms with Gasteiger partial charge < -0.3 is 4.90 Å². The molecule has 11 heteroatoms. The first-order valence-electron chi connectivity index (χ1n) is 9.13. The van der Waals surface area contributed by atoms with Crippen LogP contribution < -0.4 is 4.90 Å². The molecular weight excluding hydrogens is 453 g/mol. The van der Waals surface area contributed by atoms with Crippen LogP contribution in [0.15, 0.2) is 29.3 Å². The number of sulfonamides is 1. The number of piperazine rings is 1. The maximum Gasteiger partial charge on any atom is 0.246 e. The summed E-state index contributed by atoms with van der Waals surface area (Å²) in [5.74, 6) is 0. The molecule has 0 unspecified atom stereocenters. The molecular formula is C18H21Cl2N5O2S2. The van der Waals surface area contributed by atoms with Crippen molar-refractivity contribution in [1.82, 2.24) is 18.9 Å². The molecule has 0 atom stereocenters. The molecule has 2 aromatic heterocycles. The van der Waals surface area contributed by atoms with E-state index in [1.165, 1.54) is 27.8 Å². The quantitative estimate of drug-likeness (QED) is 0.576. The number of benzene rings is 1. The number of rotatable bonds is 3. The normalized spacial score (nSPS) is 16.7. The lowest BCUT2D eigenvalue weighted by atomic mass is 9.93. The molecule has 1 aliphatic rings. The minimum Gasteiger partial charge on any atom is -0.344 e. The van der Waals surface area contributed by atoms with Gasteiger partial charge in [0.05, 0.1) is 21.9 Å². The fraction of sp³-hybridized carbons (Fsp3) is 0.444. The first kappa shape index (κ1) is 20.9. The Morgan fingerprint density at radius 2 is 1.69 bits per heavy atom. The summed E-state index contributed by atoms with van der Waals surface area (Å²) in [7, 11) is -3.76. The van der Waals surface area contributed by atoms with Gasteiger partial charge in [-0.1, -0.05) is 61.4 Å². The SMILES string of the molecule is CC(C)(C)c1cn2nc(N3CCN(S(=O)(=O)c4c(Cl)cccc4Cl)CC3)sc2n1. The summed E-state index contributed by atoms with van der Waals surface area (Å²) in [6.07, 6.45) is 1.95. The van der Waals surface area contributed by atoms with E-state index >= 15 is 0 Å². The summed E-state index contributed by atoms with van der Waals surface area (Å²) in [6.45, 7) is 8.08. The lowest BCUT2D eigenvalue weighted by Crippen LogP contribution is -2.48. The third-order valence-electron chi connectivity index (χ3n) is 4.83. The summed E-state index contributed by atoms with van der Waals surface area (Å²) >= 11 is 13.7. The van der Waals surface area contributed by atoms with Crippen molar-refractivity contribution in [3.63, 3.8) is 0 Å². The van der Waals surface area contributed by atoms with Gasteiger partial charge in [0.15, 0.2) is 0 Å². The molecule has 0 aliphatic carbocycles. The fourth-order valence-corrected chi connectivity index (χ4v) is 6.60. The van der Waals surface area contributed by atoms with Crippen LogP contribution in [0.1, 0.15) is 26.5 Å². The van der Waals surface area contributed by atoms with Crippen molar-refractivity contribution in [2.24, 2.45) is 0 Å². The topological polar surface area (TPSA) is 70.8 Å². The molecule has 156 valence electrons. The molecule has 1 aliphatic heterocycles. The third-order valence-corrected chi connectivity index (χ3v) is 8.67. The van der Waals surface area contributed by atoms with Crippen molar-refractivity contribution < 1.29 is 8.42 Å². The second-order valence-electron chi connectivity index (χ2n) is 7.93. The Morgan fingerprint density at radius 3 is 2.24 bits per heavy atom. The van der Waals surface area contributed by atoms with Crippen LogP contribution in [0, 0.1) is 0 Å². The van der Waals surface area contributed by atoms with Crippen LogP contribution in [-0.4, -0.2) is 53.5 Å². The number of nitrogens with zero attached hydrogens (tertiary/aromatic N) is 5. The first-order chi connectivity index (χ1) is 13.6. The monoisotopic (exact) mass is 473 g/mol. The largest absolute Gasteiger partial charge is 0.344 e. The van der Waals surface area contributed by atoms with Crippen LogP contribution in [0.2, 0.25) is 10.0 Å². The zero-order valence-electron chi connectivity index (χ0n) is 16.3. The van der Waals surface area contributed by atoms with E-state index in [2.05, 4.69) is 35.8 Å². The predicted molar refractivity (Wildman–Crippen MR) is 117 cm³/mol. The number of halogens is 2. The van der Waals surface area contributed by atoms with Crippen LogP contribution >= 0.6 is 34.5 Å². The van der Waals surface area contributed by atoms with Crippen molar-refractivity contribution in [2.75, 3.05) is 31.1 Å². The molecule has 29 heavy (non-hydrogen) atoms. The maximum atomic E-state index is 13.0. The number of anilines is 1. The van der Waals surface area contributed by atoms with Crippen molar-refractivity contribution >= 4 is 54.7 Å². The highest BCUT2D eigenvalue weighted by molar-refractivity contribution is 7.89. The van der Waals surface area contributed by atoms with E-state index in [0.29, 0.717) is 26.2 Å². The van der Waals surface area contributed by atoms with Crippen LogP contribution in [0.5, 0.6) is 0 Å². The maximum absolute atomic E-state index is 13.0. The summed E-state index contributed by atoms with van der Waals surface area (Å²) < 4.78 is 29.3. The minimum absolute atomic E-state index is 0.0285. The number of fused-ring (bicyclic) bond motifs is 1. The number of imidazole rings is 1. The highest BCUT2D eigenvalue weighted by Crippen LogP contribution is 2.33. The lowest BCUT2D eigenvalue weighted by molar-refractivity contribution is 0.384. The zero-order valence-corrected chi connectivity index (χ0v) is 19.4. The van der Waals surface area contributed by atoms with E-state index in [-0.39, 0.29) is 20.4 Å². The van der Waals surface area contributed by atoms with Gasteiger partial charge in [0.2, 0.25) is 20.1 Å². The van der Waals surface area contributed by atoms with Crippen LogP contribution in [0.3, 0.4) is 0 Å². The van der Waals surface area contributed by atoms with Crippen LogP contribution in [-0.2, 0) is 15.4 Å². The summed E-state index contributed by atoms with van der Waals surface area (Å²) in [5, 5.41) is 5.74. The molecule has 1 aromatic carbocycles. The summed E-state index contributed by atoms with van der Waals surface area (Å²) in [4.78, 5) is 7.56. The lowest BCUT2D eigenvalue weighted by Gasteiger charge is -2.33. The summed E-state index contributed by atoms with van der Waals surface area (Å²) in [5.41, 5.74) is 0.962. The number of hydrogen-bond acceptors (Lipinski definition) is 6. The molecule has 1 fully saturated rings. The van der Waals surface area contributed by atoms with Gasteiger partial charge in [0.25, 0.3) is 0 Å². The second-order valence-corrected chi connectivity index (χ2v) is 11.6. The Kier molecular flexibility index (Phi) is 5.31. The zero-order chi connectivity index (χ0) is 21.0. The number of aromatic nitrogens is 3. The van der Waals surface area contributed by atoms with Gasteiger partial charge in [-0.05, 0) is 12.1 Å². The van der Waals surface area contributed by atoms with Gasteiger partial charge in [-0.2, -0.15) is 4.31 Å². The van der Waals surface area contributed by atoms with E-state index in [4.69, 9.17) is 23.2 Å². The van der Waals surface area contributed by atoms with Gasteiger partial charge in [0, 0.05) is 31.6 Å². The van der Waals surface area contributed by atoms with E-state index in [9.17, 15) is 8.42 Å². The third kappa shape index (κ3) is 3.86. The van der Waals surface area contributed by atoms with Crippen LogP contribution in [0.4, 0.5) is 5.13 Å². The average Bonchev–Trinajstić information content (AvgIpc) is 3.20. The van der Waals surface area contributed by atoms with E-state index in [1.54, 1.807) is 10.6 Å². The van der Waals surface area contributed by atoms with E-state index in [1.807, 2.05) is 6.20 Å². The molecule has 7 nitrogen and oxygen atoms in total. The van der Waals surface area contributed by atoms with Crippen molar-refractivity contribution in [1.29, 1.82) is 0 Å². The van der Waals surface area contributed by atoms with Gasteiger partial charge in [-0.15, -0.1) is 5.10 Å². The molecule has 3 aromatic rings. The van der Waals surface area contributed by atoms with E-state index < -0.39 is 10.0 Å². The predicted octanol–water partition coefficient (Wildman–Crippen LogP) is 3.91. The summed E-state index contributed by atoms with van der Waals surface area (Å²) in [6, 6.07) is 4.70. The van der Waals surface area contributed by atoms with Crippen molar-refractivity contribution in [3.05, 3.63) is 40.1 Å². The Morgan fingerprint density at radius 1 is 1.07 bits per heavy atom. The first-order valence-corrected chi connectivity index (χ1v) is 12.1. The molecule has 0 spiro atoms. The Labute approximate surface area is 183 Å². The standard InChI is InChI=1S/C18H21Cl2N5O2S2/c1-18(2,3)14-11-25-16(21-14)28-17(22-25)23-7-9-24(10-8-23)29(26,27)15-12(19)5-4-6-13(15)20/h4-6,11H,7-10H2,1-3H3. The Balaban J connectivity index is 1.51. The molecule has 0 bridgehead atoms. The molecule has 0 N–H and O–H groups in total. The van der Waals surface area contributed by atoms with Crippen LogP contribution in [0.25, 0.3) is 4.96 Å². The Bertz CT molecular complexity index is 1110. The van der Waals surface area contributed by atoms with Gasteiger partial charge in [-0.3, -0.25) is 0 Å². The smallest absolute Gasteiger partial charge is 0.246 e. The molecule has 0 amide bonds. The molecule has 0 saturated carbocycles. The molecule has 0 radical (unpaired) electrons. The molecule has 1 saturated heterocycles. The van der Waals surface area contributed by atoms with E-state index in [0.717, 1.165) is 15.8 Å². The van der Waals surface area contributed by atoms with Crippen molar-refractivity contribution in [3.8, 4) is 0 Å².